The lowest BCUT2D eigenvalue weighted by Crippen LogP contribution is -2.08. The van der Waals surface area contributed by atoms with Gasteiger partial charge in [0.05, 0.1) is 0 Å². The van der Waals surface area contributed by atoms with E-state index in [2.05, 4.69) is 0 Å². The van der Waals surface area contributed by atoms with Gasteiger partial charge in [0.25, 0.3) is 0 Å². The quantitative estimate of drug-likeness (QED) is 0.545. The number of alkyl halides is 3. The third-order valence-corrected chi connectivity index (χ3v) is 2.21. The Kier molecular flexibility index (Phi) is 1.97. The fraction of sp³-hybridized carbons (Fsp3) is 0.750. The summed E-state index contributed by atoms with van der Waals surface area (Å²) < 4.78 is 47.2. The molecular formula is C8H10F4. The van der Waals surface area contributed by atoms with Crippen LogP contribution in [0.3, 0.4) is 0 Å². The average molecular weight is 182 g/mol. The molecule has 12 heavy (non-hydrogen) atoms. The highest BCUT2D eigenvalue weighted by molar-refractivity contribution is 5.13. The van der Waals surface area contributed by atoms with Crippen molar-refractivity contribution >= 4 is 0 Å². The maximum absolute atomic E-state index is 12.3. The van der Waals surface area contributed by atoms with E-state index in [0.717, 1.165) is 0 Å². The molecule has 1 aliphatic rings. The van der Waals surface area contributed by atoms with E-state index in [4.69, 9.17) is 0 Å². The molecule has 4 heteroatoms. The zero-order valence-electron chi connectivity index (χ0n) is 6.87. The molecule has 70 valence electrons. The summed E-state index contributed by atoms with van der Waals surface area (Å²) in [6.45, 7) is 3.63. The van der Waals surface area contributed by atoms with Gasteiger partial charge in [-0.1, -0.05) is 13.8 Å². The van der Waals surface area contributed by atoms with Crippen molar-refractivity contribution in [3.63, 3.8) is 0 Å². The van der Waals surface area contributed by atoms with E-state index in [0.29, 0.717) is 12.5 Å². The Balaban J connectivity index is 2.60. The second-order valence-corrected chi connectivity index (χ2v) is 3.81. The average Bonchev–Trinajstić information content (AvgIpc) is 2.36. The van der Waals surface area contributed by atoms with Gasteiger partial charge < -0.3 is 0 Å². The van der Waals surface area contributed by atoms with Crippen LogP contribution >= 0.6 is 0 Å². The summed E-state index contributed by atoms with van der Waals surface area (Å²) in [6, 6.07) is 0. The Labute approximate surface area is 68.3 Å². The van der Waals surface area contributed by atoms with Crippen LogP contribution in [-0.4, -0.2) is 6.18 Å². The maximum Gasteiger partial charge on any atom is 0.442 e. The fourth-order valence-corrected chi connectivity index (χ4v) is 1.06. The Morgan fingerprint density at radius 2 is 1.83 bits per heavy atom. The van der Waals surface area contributed by atoms with E-state index in [9.17, 15) is 17.6 Å². The lowest BCUT2D eigenvalue weighted by Gasteiger charge is -2.02. The van der Waals surface area contributed by atoms with E-state index >= 15 is 0 Å². The lowest BCUT2D eigenvalue weighted by atomic mass is 10.1. The molecule has 1 atom stereocenters. The molecule has 0 amide bonds. The first-order chi connectivity index (χ1) is 5.23. The molecule has 0 aromatic carbocycles. The van der Waals surface area contributed by atoms with Crippen molar-refractivity contribution in [2.75, 3.05) is 0 Å². The smallest absolute Gasteiger partial charge is 0.202 e. The van der Waals surface area contributed by atoms with Crippen LogP contribution in [0.15, 0.2) is 11.9 Å². The molecule has 0 aromatic heterocycles. The van der Waals surface area contributed by atoms with Crippen molar-refractivity contribution in [2.24, 2.45) is 11.3 Å². The standard InChI is InChI=1S/C8H10F4/c1-7(2)4-5(7)3-6(9)8(10,11)12/h3,5H,4H2,1-2H3/b6-3-. The molecule has 0 heterocycles. The van der Waals surface area contributed by atoms with Gasteiger partial charge in [0.1, 0.15) is 0 Å². The van der Waals surface area contributed by atoms with Crippen molar-refractivity contribution < 1.29 is 17.6 Å². The molecule has 1 aliphatic carbocycles. The van der Waals surface area contributed by atoms with Gasteiger partial charge in [-0.2, -0.15) is 13.2 Å². The van der Waals surface area contributed by atoms with Crippen molar-refractivity contribution in [3.8, 4) is 0 Å². The van der Waals surface area contributed by atoms with Crippen LogP contribution in [0.25, 0.3) is 0 Å². The highest BCUT2D eigenvalue weighted by Gasteiger charge is 2.46. The summed E-state index contributed by atoms with van der Waals surface area (Å²) in [4.78, 5) is 0. The van der Waals surface area contributed by atoms with Crippen LogP contribution in [-0.2, 0) is 0 Å². The molecule has 1 rings (SSSR count). The van der Waals surface area contributed by atoms with Crippen LogP contribution in [0.5, 0.6) is 0 Å². The van der Waals surface area contributed by atoms with Gasteiger partial charge in [-0.15, -0.1) is 0 Å². The van der Waals surface area contributed by atoms with Gasteiger partial charge in [0, 0.05) is 0 Å². The molecule has 0 bridgehead atoms. The molecule has 0 N–H and O–H groups in total. The summed E-state index contributed by atoms with van der Waals surface area (Å²) in [5.74, 6) is -2.21. The molecular weight excluding hydrogens is 172 g/mol. The monoisotopic (exact) mass is 182 g/mol. The maximum atomic E-state index is 12.3. The zero-order valence-corrected chi connectivity index (χ0v) is 6.87. The van der Waals surface area contributed by atoms with Crippen molar-refractivity contribution in [3.05, 3.63) is 11.9 Å². The normalized spacial score (nSPS) is 28.8. The topological polar surface area (TPSA) is 0 Å². The third-order valence-electron chi connectivity index (χ3n) is 2.21. The summed E-state index contributed by atoms with van der Waals surface area (Å²) in [5, 5.41) is 0. The van der Waals surface area contributed by atoms with Crippen LogP contribution in [0.1, 0.15) is 20.3 Å². The van der Waals surface area contributed by atoms with E-state index in [-0.39, 0.29) is 11.3 Å². The molecule has 0 saturated heterocycles. The fourth-order valence-electron chi connectivity index (χ4n) is 1.06. The highest BCUT2D eigenvalue weighted by Crippen LogP contribution is 2.53. The molecule has 0 spiro atoms. The van der Waals surface area contributed by atoms with Crippen LogP contribution in [0, 0.1) is 11.3 Å². The second-order valence-electron chi connectivity index (χ2n) is 3.81. The Morgan fingerprint density at radius 1 is 1.42 bits per heavy atom. The summed E-state index contributed by atoms with van der Waals surface area (Å²) in [6.07, 6.45) is -3.49. The Morgan fingerprint density at radius 3 is 2.08 bits per heavy atom. The SMILES string of the molecule is CC1(C)CC1/C=C(\F)C(F)(F)F. The molecule has 1 saturated carbocycles. The number of halogens is 4. The van der Waals surface area contributed by atoms with Gasteiger partial charge in [-0.05, 0) is 23.8 Å². The molecule has 1 unspecified atom stereocenters. The first kappa shape index (κ1) is 9.55. The third kappa shape index (κ3) is 1.99. The molecule has 0 radical (unpaired) electrons. The summed E-state index contributed by atoms with van der Waals surface area (Å²) in [5.41, 5.74) is -0.150. The molecule has 0 aliphatic heterocycles. The predicted molar refractivity (Wildman–Crippen MR) is 37.1 cm³/mol. The Bertz CT molecular complexity index is 212. The predicted octanol–water partition coefficient (Wildman–Crippen LogP) is 3.45. The van der Waals surface area contributed by atoms with Gasteiger partial charge in [0.2, 0.25) is 0 Å². The largest absolute Gasteiger partial charge is 0.442 e. The zero-order chi connectivity index (χ0) is 9.57. The van der Waals surface area contributed by atoms with E-state index in [1.165, 1.54) is 0 Å². The summed E-state index contributed by atoms with van der Waals surface area (Å²) >= 11 is 0. The first-order valence-corrected chi connectivity index (χ1v) is 3.68. The van der Waals surface area contributed by atoms with Crippen LogP contribution in [0.4, 0.5) is 17.6 Å². The lowest BCUT2D eigenvalue weighted by molar-refractivity contribution is -0.109. The van der Waals surface area contributed by atoms with Gasteiger partial charge >= 0.3 is 6.18 Å². The van der Waals surface area contributed by atoms with Gasteiger partial charge in [-0.3, -0.25) is 0 Å². The van der Waals surface area contributed by atoms with Crippen LogP contribution in [0.2, 0.25) is 0 Å². The number of rotatable bonds is 1. The van der Waals surface area contributed by atoms with Gasteiger partial charge in [0.15, 0.2) is 5.83 Å². The van der Waals surface area contributed by atoms with E-state index < -0.39 is 12.0 Å². The second kappa shape index (κ2) is 2.47. The first-order valence-electron chi connectivity index (χ1n) is 3.68. The van der Waals surface area contributed by atoms with E-state index in [1.807, 2.05) is 13.8 Å². The minimum absolute atomic E-state index is 0.150. The number of hydrogen-bond donors (Lipinski definition) is 0. The molecule has 0 nitrogen and oxygen atoms in total. The Hall–Kier alpha value is -0.540. The number of hydrogen-bond acceptors (Lipinski definition) is 0. The number of allylic oxidation sites excluding steroid dienone is 2. The van der Waals surface area contributed by atoms with Crippen LogP contribution < -0.4 is 0 Å². The van der Waals surface area contributed by atoms with Crippen molar-refractivity contribution in [1.29, 1.82) is 0 Å². The summed E-state index contributed by atoms with van der Waals surface area (Å²) in [7, 11) is 0. The van der Waals surface area contributed by atoms with E-state index in [1.54, 1.807) is 0 Å². The molecule has 1 fully saturated rings. The minimum Gasteiger partial charge on any atom is -0.202 e. The molecule has 0 aromatic rings. The van der Waals surface area contributed by atoms with Crippen molar-refractivity contribution in [1.82, 2.24) is 0 Å². The van der Waals surface area contributed by atoms with Gasteiger partial charge in [-0.25, -0.2) is 4.39 Å². The highest BCUT2D eigenvalue weighted by atomic mass is 19.4. The minimum atomic E-state index is -4.81. The van der Waals surface area contributed by atoms with Crippen molar-refractivity contribution in [2.45, 2.75) is 26.4 Å².